The number of aliphatic hydroxyl groups excluding tert-OH is 1. The number of nitrogens with one attached hydrogen (secondary N) is 1. The van der Waals surface area contributed by atoms with Gasteiger partial charge in [0.05, 0.1) is 6.61 Å². The molecule has 17 heavy (non-hydrogen) atoms. The number of rotatable bonds is 10. The highest BCUT2D eigenvalue weighted by Gasteiger charge is 2.31. The van der Waals surface area contributed by atoms with Crippen LogP contribution in [-0.4, -0.2) is 23.8 Å². The fourth-order valence-corrected chi connectivity index (χ4v) is 2.88. The molecular weight excluding hydrogens is 210 g/mol. The first kappa shape index (κ1) is 15.0. The molecule has 0 saturated heterocycles. The van der Waals surface area contributed by atoms with Crippen molar-refractivity contribution in [2.75, 3.05) is 13.2 Å². The van der Waals surface area contributed by atoms with Crippen molar-refractivity contribution in [3.8, 4) is 0 Å². The van der Waals surface area contributed by atoms with Crippen LogP contribution in [0.15, 0.2) is 0 Å². The number of hydrogen-bond acceptors (Lipinski definition) is 2. The van der Waals surface area contributed by atoms with Crippen molar-refractivity contribution in [3.63, 3.8) is 0 Å². The van der Waals surface area contributed by atoms with Gasteiger partial charge in [-0.1, -0.05) is 58.3 Å². The van der Waals surface area contributed by atoms with Gasteiger partial charge in [-0.15, -0.1) is 0 Å². The van der Waals surface area contributed by atoms with Crippen molar-refractivity contribution in [1.82, 2.24) is 5.32 Å². The maximum absolute atomic E-state index is 9.45. The lowest BCUT2D eigenvalue weighted by Gasteiger charge is -2.28. The molecule has 0 aromatic heterocycles. The Morgan fingerprint density at radius 2 is 1.53 bits per heavy atom. The lowest BCUT2D eigenvalue weighted by molar-refractivity contribution is 0.164. The van der Waals surface area contributed by atoms with Gasteiger partial charge in [-0.25, -0.2) is 0 Å². The van der Waals surface area contributed by atoms with Gasteiger partial charge in [0, 0.05) is 5.54 Å². The molecule has 2 heteroatoms. The molecule has 0 aliphatic heterocycles. The van der Waals surface area contributed by atoms with Crippen LogP contribution in [0.25, 0.3) is 0 Å². The van der Waals surface area contributed by atoms with Crippen LogP contribution in [0, 0.1) is 0 Å². The van der Waals surface area contributed by atoms with E-state index < -0.39 is 0 Å². The third kappa shape index (κ3) is 5.87. The highest BCUT2D eigenvalue weighted by Crippen LogP contribution is 2.28. The van der Waals surface area contributed by atoms with Crippen LogP contribution in [0.1, 0.15) is 77.6 Å². The van der Waals surface area contributed by atoms with E-state index in [0.717, 1.165) is 6.54 Å². The van der Waals surface area contributed by atoms with Gasteiger partial charge in [-0.2, -0.15) is 0 Å². The number of aliphatic hydroxyl groups is 1. The molecule has 0 aromatic rings. The zero-order valence-electron chi connectivity index (χ0n) is 11.6. The van der Waals surface area contributed by atoms with E-state index in [0.29, 0.717) is 6.61 Å². The Bertz CT molecular complexity index is 176. The first-order valence-electron chi connectivity index (χ1n) is 7.69. The fourth-order valence-electron chi connectivity index (χ4n) is 2.88. The minimum Gasteiger partial charge on any atom is -0.394 e. The van der Waals surface area contributed by atoms with Crippen LogP contribution in [0.5, 0.6) is 0 Å². The predicted octanol–water partition coefficient (Wildman–Crippen LogP) is 3.63. The molecule has 1 rings (SSSR count). The molecule has 0 unspecified atom stereocenters. The average Bonchev–Trinajstić information content (AvgIpc) is 2.82. The summed E-state index contributed by atoms with van der Waals surface area (Å²) in [6, 6.07) is 0. The molecule has 0 amide bonds. The predicted molar refractivity (Wildman–Crippen MR) is 74.3 cm³/mol. The van der Waals surface area contributed by atoms with Crippen LogP contribution in [0.3, 0.4) is 0 Å². The van der Waals surface area contributed by atoms with Crippen molar-refractivity contribution >= 4 is 0 Å². The van der Waals surface area contributed by atoms with Gasteiger partial charge in [0.25, 0.3) is 0 Å². The van der Waals surface area contributed by atoms with E-state index in [9.17, 15) is 5.11 Å². The Kier molecular flexibility index (Phi) is 7.87. The largest absolute Gasteiger partial charge is 0.394 e. The molecule has 1 saturated carbocycles. The van der Waals surface area contributed by atoms with E-state index in [4.69, 9.17) is 0 Å². The summed E-state index contributed by atoms with van der Waals surface area (Å²) in [5, 5.41) is 13.1. The second-order valence-corrected chi connectivity index (χ2v) is 5.69. The molecule has 0 heterocycles. The van der Waals surface area contributed by atoms with E-state index >= 15 is 0 Å². The summed E-state index contributed by atoms with van der Waals surface area (Å²) in [6.45, 7) is 3.68. The van der Waals surface area contributed by atoms with Crippen LogP contribution in [-0.2, 0) is 0 Å². The fraction of sp³-hybridized carbons (Fsp3) is 1.00. The molecule has 0 atom stereocenters. The maximum atomic E-state index is 9.45. The van der Waals surface area contributed by atoms with Crippen molar-refractivity contribution in [3.05, 3.63) is 0 Å². The monoisotopic (exact) mass is 241 g/mol. The van der Waals surface area contributed by atoms with Crippen molar-refractivity contribution in [1.29, 1.82) is 0 Å². The summed E-state index contributed by atoms with van der Waals surface area (Å²) >= 11 is 0. The van der Waals surface area contributed by atoms with Gasteiger partial charge in [0.2, 0.25) is 0 Å². The molecule has 0 bridgehead atoms. The average molecular weight is 241 g/mol. The summed E-state index contributed by atoms with van der Waals surface area (Å²) in [5.74, 6) is 0. The van der Waals surface area contributed by atoms with Crippen molar-refractivity contribution in [2.45, 2.75) is 83.1 Å². The van der Waals surface area contributed by atoms with Gasteiger partial charge in [0.1, 0.15) is 0 Å². The van der Waals surface area contributed by atoms with Crippen LogP contribution in [0.2, 0.25) is 0 Å². The normalized spacial score (nSPS) is 18.7. The lowest BCUT2D eigenvalue weighted by atomic mass is 9.98. The first-order valence-corrected chi connectivity index (χ1v) is 7.69. The van der Waals surface area contributed by atoms with Crippen LogP contribution in [0.4, 0.5) is 0 Å². The molecule has 1 aliphatic rings. The smallest absolute Gasteiger partial charge is 0.0613 e. The second-order valence-electron chi connectivity index (χ2n) is 5.69. The topological polar surface area (TPSA) is 32.3 Å². The molecule has 2 nitrogen and oxygen atoms in total. The van der Waals surface area contributed by atoms with E-state index in [1.807, 2.05) is 0 Å². The summed E-state index contributed by atoms with van der Waals surface area (Å²) in [5.41, 5.74) is 0.0855. The Morgan fingerprint density at radius 1 is 0.941 bits per heavy atom. The van der Waals surface area contributed by atoms with Gasteiger partial charge in [-0.05, 0) is 25.8 Å². The van der Waals surface area contributed by atoms with E-state index in [1.54, 1.807) is 0 Å². The standard InChI is InChI=1S/C15H31NO/c1-2-3-4-5-6-7-10-13-16-15(14-17)11-8-9-12-15/h16-17H,2-14H2,1H3. The van der Waals surface area contributed by atoms with E-state index in [-0.39, 0.29) is 5.54 Å². The summed E-state index contributed by atoms with van der Waals surface area (Å²) in [6.07, 6.45) is 14.4. The quantitative estimate of drug-likeness (QED) is 0.572. The van der Waals surface area contributed by atoms with E-state index in [1.165, 1.54) is 70.6 Å². The zero-order valence-corrected chi connectivity index (χ0v) is 11.6. The highest BCUT2D eigenvalue weighted by atomic mass is 16.3. The molecule has 0 spiro atoms. The third-order valence-corrected chi connectivity index (χ3v) is 4.14. The Hall–Kier alpha value is -0.0800. The van der Waals surface area contributed by atoms with Crippen LogP contribution < -0.4 is 5.32 Å². The molecule has 2 N–H and O–H groups in total. The molecular formula is C15H31NO. The Morgan fingerprint density at radius 3 is 2.12 bits per heavy atom. The minimum absolute atomic E-state index is 0.0855. The summed E-state index contributed by atoms with van der Waals surface area (Å²) in [4.78, 5) is 0. The second kappa shape index (κ2) is 8.93. The molecule has 1 fully saturated rings. The number of unbranched alkanes of at least 4 members (excludes halogenated alkanes) is 6. The van der Waals surface area contributed by atoms with Gasteiger partial charge in [-0.3, -0.25) is 0 Å². The maximum Gasteiger partial charge on any atom is 0.0613 e. The Labute approximate surface area is 107 Å². The summed E-state index contributed by atoms with van der Waals surface area (Å²) < 4.78 is 0. The molecule has 0 aromatic carbocycles. The van der Waals surface area contributed by atoms with Gasteiger partial charge >= 0.3 is 0 Å². The number of hydrogen-bond donors (Lipinski definition) is 2. The SMILES string of the molecule is CCCCCCCCCNC1(CO)CCCC1. The summed E-state index contributed by atoms with van der Waals surface area (Å²) in [7, 11) is 0. The highest BCUT2D eigenvalue weighted by molar-refractivity contribution is 4.91. The zero-order chi connectivity index (χ0) is 12.4. The van der Waals surface area contributed by atoms with Crippen molar-refractivity contribution < 1.29 is 5.11 Å². The van der Waals surface area contributed by atoms with E-state index in [2.05, 4.69) is 12.2 Å². The van der Waals surface area contributed by atoms with Gasteiger partial charge < -0.3 is 10.4 Å². The molecule has 102 valence electrons. The molecule has 0 radical (unpaired) electrons. The van der Waals surface area contributed by atoms with Crippen LogP contribution >= 0.6 is 0 Å². The van der Waals surface area contributed by atoms with Gasteiger partial charge in [0.15, 0.2) is 0 Å². The third-order valence-electron chi connectivity index (χ3n) is 4.14. The first-order chi connectivity index (χ1) is 8.33. The lowest BCUT2D eigenvalue weighted by Crippen LogP contribution is -2.46. The minimum atomic E-state index is 0.0855. The molecule has 1 aliphatic carbocycles. The van der Waals surface area contributed by atoms with Crippen molar-refractivity contribution in [2.24, 2.45) is 0 Å². The Balaban J connectivity index is 1.92.